The summed E-state index contributed by atoms with van der Waals surface area (Å²) in [6.45, 7) is 2.70. The van der Waals surface area contributed by atoms with Gasteiger partial charge in [-0.2, -0.15) is 0 Å². The predicted octanol–water partition coefficient (Wildman–Crippen LogP) is 1.95. The fraction of sp³-hybridized carbons (Fsp3) is 0.278. The molecule has 0 fully saturated rings. The molecule has 1 heterocycles. The molecule has 0 bridgehead atoms. The van der Waals surface area contributed by atoms with Crippen molar-refractivity contribution >= 4 is 5.91 Å². The lowest BCUT2D eigenvalue weighted by Crippen LogP contribution is -2.43. The first-order valence-electron chi connectivity index (χ1n) is 7.62. The number of benzene rings is 2. The molecule has 3 N–H and O–H groups in total. The smallest absolute Gasteiger partial charge is 0.241 e. The van der Waals surface area contributed by atoms with Crippen molar-refractivity contribution in [1.29, 1.82) is 0 Å². The summed E-state index contributed by atoms with van der Waals surface area (Å²) in [5.74, 6) is 1.20. The molecule has 2 aromatic rings. The number of aryl methyl sites for hydroxylation is 1. The summed E-state index contributed by atoms with van der Waals surface area (Å²) in [6, 6.07) is 14.4. The van der Waals surface area contributed by atoms with E-state index < -0.39 is 6.04 Å². The lowest BCUT2D eigenvalue weighted by molar-refractivity contribution is -0.123. The highest BCUT2D eigenvalue weighted by Gasteiger charge is 2.23. The zero-order valence-electron chi connectivity index (χ0n) is 13.0. The fourth-order valence-electron chi connectivity index (χ4n) is 2.57. The van der Waals surface area contributed by atoms with Crippen molar-refractivity contribution in [2.45, 2.75) is 19.1 Å². The van der Waals surface area contributed by atoms with Gasteiger partial charge in [0.25, 0.3) is 0 Å². The molecule has 2 unspecified atom stereocenters. The first-order chi connectivity index (χ1) is 11.1. The Kier molecular flexibility index (Phi) is 4.48. The minimum atomic E-state index is -0.687. The summed E-state index contributed by atoms with van der Waals surface area (Å²) in [7, 11) is 0. The molecule has 5 nitrogen and oxygen atoms in total. The number of rotatable bonds is 4. The average Bonchev–Trinajstić information content (AvgIpc) is 2.59. The van der Waals surface area contributed by atoms with Gasteiger partial charge in [-0.1, -0.05) is 36.4 Å². The highest BCUT2D eigenvalue weighted by Crippen LogP contribution is 2.30. The highest BCUT2D eigenvalue weighted by atomic mass is 16.6. The molecule has 0 spiro atoms. The lowest BCUT2D eigenvalue weighted by atomic mass is 10.0. The lowest BCUT2D eigenvalue weighted by Gasteiger charge is -2.27. The Morgan fingerprint density at radius 2 is 1.91 bits per heavy atom. The second kappa shape index (κ2) is 6.71. The van der Waals surface area contributed by atoms with Crippen molar-refractivity contribution in [3.63, 3.8) is 0 Å². The van der Waals surface area contributed by atoms with Gasteiger partial charge in [-0.25, -0.2) is 0 Å². The van der Waals surface area contributed by atoms with Crippen LogP contribution in [0.1, 0.15) is 17.2 Å². The fourth-order valence-corrected chi connectivity index (χ4v) is 2.57. The number of carbonyl (C=O) groups is 1. The van der Waals surface area contributed by atoms with Crippen LogP contribution in [0, 0.1) is 6.92 Å². The van der Waals surface area contributed by atoms with Crippen LogP contribution in [0.25, 0.3) is 0 Å². The third kappa shape index (κ3) is 3.46. The van der Waals surface area contributed by atoms with Crippen molar-refractivity contribution in [1.82, 2.24) is 5.32 Å². The molecule has 0 aliphatic carbocycles. The van der Waals surface area contributed by atoms with Crippen molar-refractivity contribution in [2.75, 3.05) is 13.2 Å². The van der Waals surface area contributed by atoms with Crippen LogP contribution in [-0.2, 0) is 4.79 Å². The quantitative estimate of drug-likeness (QED) is 0.905. The monoisotopic (exact) mass is 312 g/mol. The number of hydrogen-bond acceptors (Lipinski definition) is 4. The summed E-state index contributed by atoms with van der Waals surface area (Å²) >= 11 is 0. The third-order valence-corrected chi connectivity index (χ3v) is 3.88. The zero-order chi connectivity index (χ0) is 16.2. The van der Waals surface area contributed by atoms with Gasteiger partial charge in [0.1, 0.15) is 18.8 Å². The molecule has 0 aromatic heterocycles. The molecule has 0 radical (unpaired) electrons. The van der Waals surface area contributed by atoms with E-state index >= 15 is 0 Å². The molecule has 0 saturated carbocycles. The molecule has 1 aliphatic rings. The molecule has 23 heavy (non-hydrogen) atoms. The molecule has 0 saturated heterocycles. The van der Waals surface area contributed by atoms with Crippen LogP contribution in [-0.4, -0.2) is 25.2 Å². The topological polar surface area (TPSA) is 73.6 Å². The maximum Gasteiger partial charge on any atom is 0.241 e. The first-order valence-corrected chi connectivity index (χ1v) is 7.62. The van der Waals surface area contributed by atoms with Crippen molar-refractivity contribution in [3.8, 4) is 11.5 Å². The molecule has 1 amide bonds. The van der Waals surface area contributed by atoms with E-state index in [4.69, 9.17) is 15.2 Å². The van der Waals surface area contributed by atoms with Crippen LogP contribution >= 0.6 is 0 Å². The highest BCUT2D eigenvalue weighted by molar-refractivity contribution is 5.83. The van der Waals surface area contributed by atoms with Gasteiger partial charge >= 0.3 is 0 Å². The standard InChI is InChI=1S/C18H20N2O3/c1-12-6-2-3-7-14(12)17(19)18(21)20-10-13-11-22-15-8-4-5-9-16(15)23-13/h2-9,13,17H,10-11,19H2,1H3,(H,20,21). The summed E-state index contributed by atoms with van der Waals surface area (Å²) in [5.41, 5.74) is 7.88. The largest absolute Gasteiger partial charge is 0.486 e. The van der Waals surface area contributed by atoms with Crippen LogP contribution in [0.2, 0.25) is 0 Å². The van der Waals surface area contributed by atoms with E-state index in [0.29, 0.717) is 18.9 Å². The van der Waals surface area contributed by atoms with E-state index in [-0.39, 0.29) is 12.0 Å². The molecule has 2 aromatic carbocycles. The molecule has 1 aliphatic heterocycles. The van der Waals surface area contributed by atoms with Gasteiger partial charge in [0, 0.05) is 0 Å². The predicted molar refractivity (Wildman–Crippen MR) is 87.5 cm³/mol. The summed E-state index contributed by atoms with van der Waals surface area (Å²) in [6.07, 6.45) is -0.224. The number of nitrogens with one attached hydrogen (secondary N) is 1. The molecule has 120 valence electrons. The first kappa shape index (κ1) is 15.4. The van der Waals surface area contributed by atoms with E-state index in [9.17, 15) is 4.79 Å². The number of carbonyl (C=O) groups excluding carboxylic acids is 1. The van der Waals surface area contributed by atoms with Crippen molar-refractivity contribution in [2.24, 2.45) is 5.73 Å². The number of amides is 1. The Labute approximate surface area is 135 Å². The second-order valence-electron chi connectivity index (χ2n) is 5.58. The van der Waals surface area contributed by atoms with Gasteiger partial charge in [0.05, 0.1) is 6.54 Å². The number of fused-ring (bicyclic) bond motifs is 1. The zero-order valence-corrected chi connectivity index (χ0v) is 13.0. The normalized spacial score (nSPS) is 17.4. The number of ether oxygens (including phenoxy) is 2. The Morgan fingerprint density at radius 3 is 2.70 bits per heavy atom. The van der Waals surface area contributed by atoms with E-state index in [1.54, 1.807) is 0 Å². The molecule has 5 heteroatoms. The third-order valence-electron chi connectivity index (χ3n) is 3.88. The maximum absolute atomic E-state index is 12.3. The van der Waals surface area contributed by atoms with Crippen LogP contribution in [0.15, 0.2) is 48.5 Å². The van der Waals surface area contributed by atoms with Crippen LogP contribution in [0.3, 0.4) is 0 Å². The molecular formula is C18H20N2O3. The Bertz CT molecular complexity index is 702. The van der Waals surface area contributed by atoms with Gasteiger partial charge < -0.3 is 20.5 Å². The number of hydrogen-bond donors (Lipinski definition) is 2. The van der Waals surface area contributed by atoms with E-state index in [0.717, 1.165) is 16.9 Å². The average molecular weight is 312 g/mol. The number of para-hydroxylation sites is 2. The summed E-state index contributed by atoms with van der Waals surface area (Å²) in [5, 5.41) is 2.84. The SMILES string of the molecule is Cc1ccccc1C(N)C(=O)NCC1COc2ccccc2O1. The maximum atomic E-state index is 12.3. The molecular weight excluding hydrogens is 292 g/mol. The van der Waals surface area contributed by atoms with E-state index in [1.807, 2.05) is 55.5 Å². The molecule has 3 rings (SSSR count). The van der Waals surface area contributed by atoms with Crippen LogP contribution in [0.4, 0.5) is 0 Å². The summed E-state index contributed by atoms with van der Waals surface area (Å²) < 4.78 is 11.4. The van der Waals surface area contributed by atoms with Crippen LogP contribution < -0.4 is 20.5 Å². The van der Waals surface area contributed by atoms with Gasteiger partial charge in [-0.05, 0) is 30.2 Å². The van der Waals surface area contributed by atoms with Gasteiger partial charge in [-0.3, -0.25) is 4.79 Å². The minimum absolute atomic E-state index is 0.221. The van der Waals surface area contributed by atoms with Crippen molar-refractivity contribution < 1.29 is 14.3 Å². The Hall–Kier alpha value is -2.53. The Morgan fingerprint density at radius 1 is 1.22 bits per heavy atom. The van der Waals surface area contributed by atoms with Crippen molar-refractivity contribution in [3.05, 3.63) is 59.7 Å². The van der Waals surface area contributed by atoms with E-state index in [1.165, 1.54) is 0 Å². The summed E-state index contributed by atoms with van der Waals surface area (Å²) in [4.78, 5) is 12.3. The van der Waals surface area contributed by atoms with Gasteiger partial charge in [0.15, 0.2) is 11.5 Å². The number of nitrogens with two attached hydrogens (primary N) is 1. The molecule has 2 atom stereocenters. The van der Waals surface area contributed by atoms with Crippen LogP contribution in [0.5, 0.6) is 11.5 Å². The van der Waals surface area contributed by atoms with E-state index in [2.05, 4.69) is 5.32 Å². The van der Waals surface area contributed by atoms with Gasteiger partial charge in [-0.15, -0.1) is 0 Å². The second-order valence-corrected chi connectivity index (χ2v) is 5.58. The van der Waals surface area contributed by atoms with Gasteiger partial charge in [0.2, 0.25) is 5.91 Å². The minimum Gasteiger partial charge on any atom is -0.486 e. The Balaban J connectivity index is 1.57.